The van der Waals surface area contributed by atoms with Crippen LogP contribution in [0.1, 0.15) is 48.4 Å². The highest BCUT2D eigenvalue weighted by Crippen LogP contribution is 2.35. The van der Waals surface area contributed by atoms with Crippen LogP contribution in [-0.4, -0.2) is 41.2 Å². The van der Waals surface area contributed by atoms with Crippen LogP contribution in [0.4, 0.5) is 4.79 Å². The van der Waals surface area contributed by atoms with E-state index in [0.29, 0.717) is 0 Å². The maximum absolute atomic E-state index is 13.0. The van der Waals surface area contributed by atoms with Gasteiger partial charge in [0.2, 0.25) is 0 Å². The highest BCUT2D eigenvalue weighted by atomic mass is 16.5. The van der Waals surface area contributed by atoms with Gasteiger partial charge in [-0.15, -0.1) is 0 Å². The van der Waals surface area contributed by atoms with E-state index in [-0.39, 0.29) is 17.7 Å². The second-order valence-corrected chi connectivity index (χ2v) is 7.64. The normalized spacial score (nSPS) is 19.8. The van der Waals surface area contributed by atoms with Crippen LogP contribution in [0.15, 0.2) is 48.8 Å². The monoisotopic (exact) mass is 365 g/mol. The largest absolute Gasteiger partial charge is 0.375 e. The molecule has 1 spiro atoms. The third-order valence-electron chi connectivity index (χ3n) is 5.95. The number of aromatic nitrogens is 1. The Labute approximate surface area is 160 Å². The number of urea groups is 1. The third-order valence-corrected chi connectivity index (χ3v) is 5.95. The fourth-order valence-corrected chi connectivity index (χ4v) is 4.29. The first-order valence-corrected chi connectivity index (χ1v) is 9.82. The Bertz CT molecular complexity index is 777. The van der Waals surface area contributed by atoms with Gasteiger partial charge in [-0.25, -0.2) is 4.79 Å². The quantitative estimate of drug-likeness (QED) is 0.899. The van der Waals surface area contributed by atoms with Gasteiger partial charge in [-0.2, -0.15) is 0 Å². The second kappa shape index (κ2) is 7.69. The number of carbonyl (C=O) groups excluding carboxylic acids is 1. The van der Waals surface area contributed by atoms with E-state index < -0.39 is 0 Å². The van der Waals surface area contributed by atoms with Crippen molar-refractivity contribution in [3.8, 4) is 0 Å². The molecule has 2 amide bonds. The van der Waals surface area contributed by atoms with E-state index in [9.17, 15) is 4.79 Å². The SMILES string of the molecule is Cc1ccccc1C(NC(=O)N1CCC2(CCCO2)CC1)c1ccncc1. The number of nitrogens with one attached hydrogen (secondary N) is 1. The predicted octanol–water partition coefficient (Wildman–Crippen LogP) is 3.83. The van der Waals surface area contributed by atoms with E-state index in [1.54, 1.807) is 12.4 Å². The molecular weight excluding hydrogens is 338 g/mol. The zero-order valence-electron chi connectivity index (χ0n) is 15.9. The van der Waals surface area contributed by atoms with E-state index in [1.807, 2.05) is 29.2 Å². The molecule has 1 atom stereocenters. The lowest BCUT2D eigenvalue weighted by molar-refractivity contribution is -0.0362. The molecule has 1 N–H and O–H groups in total. The van der Waals surface area contributed by atoms with Crippen molar-refractivity contribution in [2.75, 3.05) is 19.7 Å². The van der Waals surface area contributed by atoms with Gasteiger partial charge in [-0.1, -0.05) is 24.3 Å². The molecule has 1 unspecified atom stereocenters. The van der Waals surface area contributed by atoms with Crippen LogP contribution in [0.2, 0.25) is 0 Å². The summed E-state index contributed by atoms with van der Waals surface area (Å²) >= 11 is 0. The number of rotatable bonds is 3. The zero-order chi connectivity index (χ0) is 18.7. The van der Waals surface area contributed by atoms with Crippen molar-refractivity contribution >= 4 is 6.03 Å². The van der Waals surface area contributed by atoms with E-state index in [2.05, 4.69) is 29.4 Å². The number of hydrogen-bond acceptors (Lipinski definition) is 3. The zero-order valence-corrected chi connectivity index (χ0v) is 15.9. The Morgan fingerprint density at radius 2 is 1.89 bits per heavy atom. The molecule has 0 saturated carbocycles. The lowest BCUT2D eigenvalue weighted by Gasteiger charge is -2.39. The third kappa shape index (κ3) is 3.83. The van der Waals surface area contributed by atoms with Gasteiger partial charge in [0.1, 0.15) is 0 Å². The summed E-state index contributed by atoms with van der Waals surface area (Å²) in [6.45, 7) is 4.45. The Hall–Kier alpha value is -2.40. The van der Waals surface area contributed by atoms with Crippen LogP contribution in [0, 0.1) is 6.92 Å². The molecule has 0 aliphatic carbocycles. The Balaban J connectivity index is 1.50. The van der Waals surface area contributed by atoms with Gasteiger partial charge < -0.3 is 15.0 Å². The van der Waals surface area contributed by atoms with E-state index in [0.717, 1.165) is 62.1 Å². The van der Waals surface area contributed by atoms with E-state index in [4.69, 9.17) is 4.74 Å². The van der Waals surface area contributed by atoms with Crippen LogP contribution in [-0.2, 0) is 4.74 Å². The summed E-state index contributed by atoms with van der Waals surface area (Å²) in [7, 11) is 0. The van der Waals surface area contributed by atoms with Gasteiger partial charge in [0.15, 0.2) is 0 Å². The fourth-order valence-electron chi connectivity index (χ4n) is 4.29. The molecular formula is C22H27N3O2. The molecule has 3 heterocycles. The first kappa shape index (κ1) is 18.0. The number of carbonyl (C=O) groups is 1. The van der Waals surface area contributed by atoms with Crippen molar-refractivity contribution in [2.45, 2.75) is 44.2 Å². The summed E-state index contributed by atoms with van der Waals surface area (Å²) in [5.41, 5.74) is 3.35. The minimum Gasteiger partial charge on any atom is -0.375 e. The number of amides is 2. The molecule has 0 radical (unpaired) electrons. The molecule has 2 aliphatic heterocycles. The minimum absolute atomic E-state index is 0.00656. The number of hydrogen-bond donors (Lipinski definition) is 1. The first-order chi connectivity index (χ1) is 13.2. The molecule has 2 saturated heterocycles. The van der Waals surface area contributed by atoms with Crippen LogP contribution in [0.5, 0.6) is 0 Å². The van der Waals surface area contributed by atoms with Crippen LogP contribution >= 0.6 is 0 Å². The first-order valence-electron chi connectivity index (χ1n) is 9.82. The van der Waals surface area contributed by atoms with Gasteiger partial charge in [0, 0.05) is 32.1 Å². The van der Waals surface area contributed by atoms with Crippen molar-refractivity contribution in [1.29, 1.82) is 0 Å². The molecule has 4 rings (SSSR count). The van der Waals surface area contributed by atoms with Gasteiger partial charge in [0.25, 0.3) is 0 Å². The number of benzene rings is 1. The number of likely N-dealkylation sites (tertiary alicyclic amines) is 1. The maximum Gasteiger partial charge on any atom is 0.318 e. The van der Waals surface area contributed by atoms with Crippen molar-refractivity contribution in [1.82, 2.24) is 15.2 Å². The molecule has 142 valence electrons. The van der Waals surface area contributed by atoms with Crippen molar-refractivity contribution in [3.63, 3.8) is 0 Å². The van der Waals surface area contributed by atoms with E-state index >= 15 is 0 Å². The molecule has 5 nitrogen and oxygen atoms in total. The number of piperidine rings is 1. The number of ether oxygens (including phenoxy) is 1. The number of pyridine rings is 1. The van der Waals surface area contributed by atoms with Crippen LogP contribution in [0.25, 0.3) is 0 Å². The second-order valence-electron chi connectivity index (χ2n) is 7.64. The molecule has 1 aromatic heterocycles. The van der Waals surface area contributed by atoms with Crippen molar-refractivity contribution in [2.24, 2.45) is 0 Å². The molecule has 1 aromatic carbocycles. The standard InChI is InChI=1S/C22H27N3O2/c1-17-5-2-3-6-19(17)20(18-7-12-23-13-8-18)24-21(26)25-14-10-22(11-15-25)9-4-16-27-22/h2-3,5-8,12-13,20H,4,9-11,14-16H2,1H3,(H,24,26). The lowest BCUT2D eigenvalue weighted by Crippen LogP contribution is -2.50. The van der Waals surface area contributed by atoms with Crippen LogP contribution in [0.3, 0.4) is 0 Å². The van der Waals surface area contributed by atoms with E-state index in [1.165, 1.54) is 0 Å². The fraction of sp³-hybridized carbons (Fsp3) is 0.455. The maximum atomic E-state index is 13.0. The van der Waals surface area contributed by atoms with Crippen molar-refractivity contribution in [3.05, 3.63) is 65.5 Å². The van der Waals surface area contributed by atoms with Crippen molar-refractivity contribution < 1.29 is 9.53 Å². The number of aryl methyl sites for hydroxylation is 1. The molecule has 27 heavy (non-hydrogen) atoms. The summed E-state index contributed by atoms with van der Waals surface area (Å²) in [4.78, 5) is 19.1. The summed E-state index contributed by atoms with van der Waals surface area (Å²) in [6, 6.07) is 12.0. The minimum atomic E-state index is -0.180. The van der Waals surface area contributed by atoms with Crippen LogP contribution < -0.4 is 5.32 Å². The molecule has 2 aromatic rings. The van der Waals surface area contributed by atoms with Gasteiger partial charge in [-0.3, -0.25) is 4.98 Å². The summed E-state index contributed by atoms with van der Waals surface area (Å²) in [5, 5.41) is 3.26. The van der Waals surface area contributed by atoms with Gasteiger partial charge in [0.05, 0.1) is 11.6 Å². The highest BCUT2D eigenvalue weighted by molar-refractivity contribution is 5.75. The molecule has 2 aliphatic rings. The highest BCUT2D eigenvalue weighted by Gasteiger charge is 2.39. The molecule has 0 bridgehead atoms. The summed E-state index contributed by atoms with van der Waals surface area (Å²) in [5.74, 6) is 0. The average molecular weight is 365 g/mol. The Kier molecular flexibility index (Phi) is 5.12. The Morgan fingerprint density at radius 3 is 2.56 bits per heavy atom. The average Bonchev–Trinajstić information content (AvgIpc) is 3.16. The molecule has 2 fully saturated rings. The molecule has 5 heteroatoms. The summed E-state index contributed by atoms with van der Waals surface area (Å²) < 4.78 is 5.98. The lowest BCUT2D eigenvalue weighted by atomic mass is 9.89. The Morgan fingerprint density at radius 1 is 1.15 bits per heavy atom. The summed E-state index contributed by atoms with van der Waals surface area (Å²) in [6.07, 6.45) is 7.69. The topological polar surface area (TPSA) is 54.5 Å². The van der Waals surface area contributed by atoms with Gasteiger partial charge >= 0.3 is 6.03 Å². The van der Waals surface area contributed by atoms with Gasteiger partial charge in [-0.05, 0) is 61.4 Å². The predicted molar refractivity (Wildman–Crippen MR) is 105 cm³/mol. The smallest absolute Gasteiger partial charge is 0.318 e. The number of nitrogens with zero attached hydrogens (tertiary/aromatic N) is 2.